The molecule has 23 heavy (non-hydrogen) atoms. The number of amides is 1. The van der Waals surface area contributed by atoms with Crippen molar-refractivity contribution in [2.75, 3.05) is 11.4 Å². The number of aromatic nitrogens is 2. The zero-order valence-corrected chi connectivity index (χ0v) is 13.2. The molecule has 1 amide bonds. The third-order valence-corrected chi connectivity index (χ3v) is 4.57. The summed E-state index contributed by atoms with van der Waals surface area (Å²) in [5, 5.41) is 1.16. The number of hydrogen-bond donors (Lipinski definition) is 0. The first-order valence-corrected chi connectivity index (χ1v) is 8.01. The third-order valence-electron chi connectivity index (χ3n) is 4.57. The van der Waals surface area contributed by atoms with Gasteiger partial charge in [0.2, 0.25) is 5.91 Å². The van der Waals surface area contributed by atoms with Gasteiger partial charge in [-0.05, 0) is 36.6 Å². The van der Waals surface area contributed by atoms with Crippen molar-refractivity contribution >= 4 is 22.5 Å². The SMILES string of the molecule is Cn1cc(CC(=O)N2CCCc3ncccc32)c2ccccc21. The average Bonchev–Trinajstić information content (AvgIpc) is 2.91. The van der Waals surface area contributed by atoms with E-state index in [0.29, 0.717) is 6.42 Å². The molecule has 1 aliphatic rings. The average molecular weight is 305 g/mol. The summed E-state index contributed by atoms with van der Waals surface area (Å²) < 4.78 is 2.09. The van der Waals surface area contributed by atoms with Crippen LogP contribution in [0.4, 0.5) is 5.69 Å². The molecule has 0 N–H and O–H groups in total. The van der Waals surface area contributed by atoms with Gasteiger partial charge in [0, 0.05) is 36.9 Å². The second-order valence-electron chi connectivity index (χ2n) is 6.08. The number of benzene rings is 1. The molecule has 0 saturated carbocycles. The Morgan fingerprint density at radius 1 is 1.22 bits per heavy atom. The molecular weight excluding hydrogens is 286 g/mol. The van der Waals surface area contributed by atoms with Crippen molar-refractivity contribution in [3.8, 4) is 0 Å². The molecule has 0 unspecified atom stereocenters. The van der Waals surface area contributed by atoms with E-state index in [9.17, 15) is 4.79 Å². The quantitative estimate of drug-likeness (QED) is 0.729. The molecule has 0 aliphatic carbocycles. The predicted octanol–water partition coefficient (Wildman–Crippen LogP) is 3.10. The number of hydrogen-bond acceptors (Lipinski definition) is 2. The number of pyridine rings is 1. The Morgan fingerprint density at radius 3 is 3.00 bits per heavy atom. The smallest absolute Gasteiger partial charge is 0.231 e. The van der Waals surface area contributed by atoms with Gasteiger partial charge in [0.05, 0.1) is 17.8 Å². The summed E-state index contributed by atoms with van der Waals surface area (Å²) in [7, 11) is 2.02. The van der Waals surface area contributed by atoms with Crippen LogP contribution in [0.15, 0.2) is 48.8 Å². The minimum absolute atomic E-state index is 0.148. The topological polar surface area (TPSA) is 38.1 Å². The molecule has 1 aromatic carbocycles. The van der Waals surface area contributed by atoms with Crippen LogP contribution in [0.3, 0.4) is 0 Å². The van der Waals surface area contributed by atoms with Crippen LogP contribution in [0.2, 0.25) is 0 Å². The molecule has 4 heteroatoms. The minimum atomic E-state index is 0.148. The fourth-order valence-corrected chi connectivity index (χ4v) is 3.48. The Labute approximate surface area is 135 Å². The van der Waals surface area contributed by atoms with Gasteiger partial charge in [0.1, 0.15) is 0 Å². The van der Waals surface area contributed by atoms with Crippen LogP contribution in [0, 0.1) is 0 Å². The van der Waals surface area contributed by atoms with Crippen LogP contribution >= 0.6 is 0 Å². The number of fused-ring (bicyclic) bond motifs is 2. The molecule has 116 valence electrons. The highest BCUT2D eigenvalue weighted by Gasteiger charge is 2.23. The van der Waals surface area contributed by atoms with Gasteiger partial charge in [-0.1, -0.05) is 18.2 Å². The van der Waals surface area contributed by atoms with Gasteiger partial charge in [-0.25, -0.2) is 0 Å². The lowest BCUT2D eigenvalue weighted by atomic mass is 10.1. The number of anilines is 1. The van der Waals surface area contributed by atoms with Crippen LogP contribution < -0.4 is 4.90 Å². The van der Waals surface area contributed by atoms with Crippen LogP contribution in [-0.4, -0.2) is 22.0 Å². The van der Waals surface area contributed by atoms with Gasteiger partial charge >= 0.3 is 0 Å². The molecule has 3 heterocycles. The monoisotopic (exact) mass is 305 g/mol. The number of nitrogens with zero attached hydrogens (tertiary/aromatic N) is 3. The maximum Gasteiger partial charge on any atom is 0.231 e. The molecule has 2 aromatic heterocycles. The summed E-state index contributed by atoms with van der Waals surface area (Å²) in [6.45, 7) is 0.780. The number of carbonyl (C=O) groups excluding carboxylic acids is 1. The lowest BCUT2D eigenvalue weighted by molar-refractivity contribution is -0.118. The van der Waals surface area contributed by atoms with Crippen LogP contribution in [-0.2, 0) is 24.7 Å². The highest BCUT2D eigenvalue weighted by Crippen LogP contribution is 2.27. The molecule has 3 aromatic rings. The fraction of sp³-hybridized carbons (Fsp3) is 0.263. The molecule has 4 rings (SSSR count). The lowest BCUT2D eigenvalue weighted by Gasteiger charge is -2.28. The van der Waals surface area contributed by atoms with E-state index < -0.39 is 0 Å². The van der Waals surface area contributed by atoms with E-state index in [1.807, 2.05) is 36.2 Å². The summed E-state index contributed by atoms with van der Waals surface area (Å²) in [6, 6.07) is 12.1. The first kappa shape index (κ1) is 14.0. The van der Waals surface area contributed by atoms with Gasteiger partial charge in [-0.15, -0.1) is 0 Å². The number of carbonyl (C=O) groups is 1. The molecule has 0 saturated heterocycles. The summed E-state index contributed by atoms with van der Waals surface area (Å²) in [6.07, 6.45) is 6.23. The molecule has 0 radical (unpaired) electrons. The van der Waals surface area contributed by atoms with E-state index in [4.69, 9.17) is 0 Å². The van der Waals surface area contributed by atoms with Crippen molar-refractivity contribution in [2.45, 2.75) is 19.3 Å². The van der Waals surface area contributed by atoms with E-state index in [1.165, 1.54) is 0 Å². The molecule has 1 aliphatic heterocycles. The van der Waals surface area contributed by atoms with Crippen molar-refractivity contribution in [1.29, 1.82) is 0 Å². The summed E-state index contributed by atoms with van der Waals surface area (Å²) in [5.74, 6) is 0.148. The number of rotatable bonds is 2. The highest BCUT2D eigenvalue weighted by atomic mass is 16.2. The van der Waals surface area contributed by atoms with Gasteiger partial charge in [0.25, 0.3) is 0 Å². The van der Waals surface area contributed by atoms with Crippen molar-refractivity contribution in [2.24, 2.45) is 7.05 Å². The standard InChI is InChI=1S/C19H19N3O/c1-21-13-14(15-6-2-3-8-17(15)21)12-19(23)22-11-5-7-16-18(22)9-4-10-20-16/h2-4,6,8-10,13H,5,7,11-12H2,1H3. The molecule has 0 fully saturated rings. The van der Waals surface area contributed by atoms with Gasteiger partial charge in [-0.2, -0.15) is 0 Å². The predicted molar refractivity (Wildman–Crippen MR) is 91.5 cm³/mol. The summed E-state index contributed by atoms with van der Waals surface area (Å²) in [5.41, 5.74) is 4.26. The summed E-state index contributed by atoms with van der Waals surface area (Å²) in [4.78, 5) is 19.2. The highest BCUT2D eigenvalue weighted by molar-refractivity contribution is 5.98. The molecule has 0 atom stereocenters. The zero-order valence-electron chi connectivity index (χ0n) is 13.2. The molecule has 4 nitrogen and oxygen atoms in total. The number of aryl methyl sites for hydroxylation is 2. The van der Waals surface area contributed by atoms with Crippen molar-refractivity contribution < 1.29 is 4.79 Å². The lowest BCUT2D eigenvalue weighted by Crippen LogP contribution is -2.36. The van der Waals surface area contributed by atoms with Crippen molar-refractivity contribution in [1.82, 2.24) is 9.55 Å². The second-order valence-corrected chi connectivity index (χ2v) is 6.08. The fourth-order valence-electron chi connectivity index (χ4n) is 3.48. The largest absolute Gasteiger partial charge is 0.350 e. The minimum Gasteiger partial charge on any atom is -0.350 e. The molecule has 0 spiro atoms. The van der Waals surface area contributed by atoms with Crippen LogP contribution in [0.5, 0.6) is 0 Å². The Balaban J connectivity index is 1.66. The molecular formula is C19H19N3O. The van der Waals surface area contributed by atoms with E-state index in [0.717, 1.165) is 47.2 Å². The number of para-hydroxylation sites is 1. The van der Waals surface area contributed by atoms with E-state index >= 15 is 0 Å². The van der Waals surface area contributed by atoms with Gasteiger partial charge in [0.15, 0.2) is 0 Å². The van der Waals surface area contributed by atoms with Gasteiger partial charge < -0.3 is 9.47 Å². The Morgan fingerprint density at radius 2 is 2.09 bits per heavy atom. The van der Waals surface area contributed by atoms with Gasteiger partial charge in [-0.3, -0.25) is 9.78 Å². The van der Waals surface area contributed by atoms with Crippen molar-refractivity contribution in [3.63, 3.8) is 0 Å². The van der Waals surface area contributed by atoms with E-state index in [2.05, 4.69) is 27.9 Å². The van der Waals surface area contributed by atoms with Crippen molar-refractivity contribution in [3.05, 3.63) is 60.0 Å². The normalized spacial score (nSPS) is 14.0. The first-order chi connectivity index (χ1) is 11.2. The maximum atomic E-state index is 12.9. The van der Waals surface area contributed by atoms with E-state index in [-0.39, 0.29) is 5.91 Å². The zero-order chi connectivity index (χ0) is 15.8. The Hall–Kier alpha value is -2.62. The van der Waals surface area contributed by atoms with E-state index in [1.54, 1.807) is 6.20 Å². The maximum absolute atomic E-state index is 12.9. The third kappa shape index (κ3) is 2.40. The first-order valence-electron chi connectivity index (χ1n) is 8.01. The van der Waals surface area contributed by atoms with Crippen LogP contribution in [0.1, 0.15) is 17.7 Å². The second kappa shape index (κ2) is 5.54. The summed E-state index contributed by atoms with van der Waals surface area (Å²) >= 11 is 0. The molecule has 0 bridgehead atoms. The Kier molecular flexibility index (Phi) is 3.37. The van der Waals surface area contributed by atoms with Crippen LogP contribution in [0.25, 0.3) is 10.9 Å². The Bertz CT molecular complexity index is 881.